The highest BCUT2D eigenvalue weighted by Gasteiger charge is 2.28. The van der Waals surface area contributed by atoms with E-state index in [9.17, 15) is 4.39 Å². The number of rotatable bonds is 1. The van der Waals surface area contributed by atoms with E-state index >= 15 is 0 Å². The van der Waals surface area contributed by atoms with Gasteiger partial charge in [0.25, 0.3) is 0 Å². The van der Waals surface area contributed by atoms with Crippen molar-refractivity contribution in [2.75, 3.05) is 14.1 Å². The Kier molecular flexibility index (Phi) is 1.90. The van der Waals surface area contributed by atoms with Crippen LogP contribution in [0.1, 0.15) is 0 Å². The van der Waals surface area contributed by atoms with Crippen molar-refractivity contribution in [3.63, 3.8) is 0 Å². The molecule has 1 nitrogen and oxygen atoms in total. The Morgan fingerprint density at radius 2 is 1.90 bits per heavy atom. The zero-order chi connectivity index (χ0) is 7.61. The zero-order valence-electron chi connectivity index (χ0n) is 6.21. The molecule has 0 N–H and O–H groups in total. The summed E-state index contributed by atoms with van der Waals surface area (Å²) in [4.78, 5) is 1.52. The molecule has 1 unspecified atom stereocenters. The summed E-state index contributed by atoms with van der Waals surface area (Å²) in [6, 6.07) is 0. The van der Waals surface area contributed by atoms with Gasteiger partial charge in [-0.1, -0.05) is 18.2 Å². The van der Waals surface area contributed by atoms with Crippen molar-refractivity contribution in [2.45, 2.75) is 5.79 Å². The van der Waals surface area contributed by atoms with Crippen LogP contribution >= 0.6 is 0 Å². The molecule has 1 radical (unpaired) electrons. The van der Waals surface area contributed by atoms with Crippen molar-refractivity contribution in [2.24, 2.45) is 0 Å². The summed E-state index contributed by atoms with van der Waals surface area (Å²) in [6.45, 7) is 0. The molecule has 0 fully saturated rings. The third kappa shape index (κ3) is 1.27. The molecule has 0 saturated carbocycles. The molecule has 1 rings (SSSR count). The van der Waals surface area contributed by atoms with Crippen LogP contribution in [0.5, 0.6) is 0 Å². The number of alkyl halides is 1. The first kappa shape index (κ1) is 7.48. The average molecular weight is 140 g/mol. The van der Waals surface area contributed by atoms with Crippen molar-refractivity contribution < 1.29 is 4.39 Å². The lowest BCUT2D eigenvalue weighted by molar-refractivity contribution is 0.0899. The first-order valence-electron chi connectivity index (χ1n) is 3.22. The molecule has 0 saturated heterocycles. The molecule has 1 aliphatic carbocycles. The highest BCUT2D eigenvalue weighted by atomic mass is 19.1. The van der Waals surface area contributed by atoms with Crippen LogP contribution in [0.25, 0.3) is 0 Å². The predicted octanol–water partition coefficient (Wildman–Crippen LogP) is 1.54. The highest BCUT2D eigenvalue weighted by molar-refractivity contribution is 5.25. The van der Waals surface area contributed by atoms with E-state index < -0.39 is 5.79 Å². The second-order valence-electron chi connectivity index (χ2n) is 2.53. The van der Waals surface area contributed by atoms with Gasteiger partial charge in [-0.2, -0.15) is 0 Å². The van der Waals surface area contributed by atoms with Gasteiger partial charge in [-0.25, -0.2) is 4.39 Å². The van der Waals surface area contributed by atoms with Crippen LogP contribution in [0, 0.1) is 6.42 Å². The van der Waals surface area contributed by atoms with Gasteiger partial charge in [-0.3, -0.25) is 4.90 Å². The van der Waals surface area contributed by atoms with Crippen LogP contribution in [0.4, 0.5) is 4.39 Å². The Morgan fingerprint density at radius 1 is 1.20 bits per heavy atom. The van der Waals surface area contributed by atoms with Gasteiger partial charge in [0.15, 0.2) is 5.79 Å². The van der Waals surface area contributed by atoms with Crippen LogP contribution in [0.3, 0.4) is 0 Å². The van der Waals surface area contributed by atoms with Crippen LogP contribution in [0.15, 0.2) is 24.3 Å². The summed E-state index contributed by atoms with van der Waals surface area (Å²) in [5.41, 5.74) is 0. The molecule has 1 aliphatic rings. The fourth-order valence-corrected chi connectivity index (χ4v) is 0.799. The highest BCUT2D eigenvalue weighted by Crippen LogP contribution is 2.22. The fraction of sp³-hybridized carbons (Fsp3) is 0.375. The molecule has 0 heterocycles. The minimum absolute atomic E-state index is 1.38. The van der Waals surface area contributed by atoms with Gasteiger partial charge in [-0.15, -0.1) is 0 Å². The van der Waals surface area contributed by atoms with E-state index in [2.05, 4.69) is 0 Å². The summed E-state index contributed by atoms with van der Waals surface area (Å²) in [7, 11) is 3.42. The van der Waals surface area contributed by atoms with Crippen LogP contribution < -0.4 is 0 Å². The van der Waals surface area contributed by atoms with Gasteiger partial charge in [0.05, 0.1) is 0 Å². The molecule has 0 aromatic rings. The predicted molar refractivity (Wildman–Crippen MR) is 40.1 cm³/mol. The molecule has 55 valence electrons. The summed E-state index contributed by atoms with van der Waals surface area (Å²) in [5.74, 6) is -1.38. The lowest BCUT2D eigenvalue weighted by Crippen LogP contribution is -2.38. The minimum Gasteiger partial charge on any atom is -0.274 e. The molecule has 10 heavy (non-hydrogen) atoms. The largest absolute Gasteiger partial charge is 0.274 e. The third-order valence-electron chi connectivity index (χ3n) is 1.57. The Hall–Kier alpha value is -0.630. The van der Waals surface area contributed by atoms with Gasteiger partial charge in [-0.05, 0) is 20.2 Å². The van der Waals surface area contributed by atoms with Gasteiger partial charge in [0.2, 0.25) is 0 Å². The second kappa shape index (κ2) is 2.54. The first-order valence-corrected chi connectivity index (χ1v) is 3.22. The van der Waals surface area contributed by atoms with E-state index in [1.165, 1.54) is 17.4 Å². The minimum atomic E-state index is -1.38. The Morgan fingerprint density at radius 3 is 2.20 bits per heavy atom. The maximum Gasteiger partial charge on any atom is 0.189 e. The van der Waals surface area contributed by atoms with Crippen molar-refractivity contribution in [3.05, 3.63) is 30.7 Å². The number of halogens is 1. The lowest BCUT2D eigenvalue weighted by Gasteiger charge is -2.28. The number of hydrogen-bond acceptors (Lipinski definition) is 1. The Balaban J connectivity index is 2.70. The van der Waals surface area contributed by atoms with Gasteiger partial charge >= 0.3 is 0 Å². The molecule has 0 aromatic carbocycles. The molecule has 0 aromatic heterocycles. The van der Waals surface area contributed by atoms with E-state index in [4.69, 9.17) is 0 Å². The third-order valence-corrected chi connectivity index (χ3v) is 1.57. The van der Waals surface area contributed by atoms with Crippen LogP contribution in [-0.4, -0.2) is 24.8 Å². The van der Waals surface area contributed by atoms with Gasteiger partial charge in [0.1, 0.15) is 0 Å². The molecular weight excluding hydrogens is 129 g/mol. The standard InChI is InChI=1S/C8H11FN/c1-10(2)8(9)6-4-3-5-7-8/h3-7H,1-2H3. The van der Waals surface area contributed by atoms with Gasteiger partial charge < -0.3 is 0 Å². The number of allylic oxidation sites excluding steroid dienone is 2. The molecule has 0 amide bonds. The summed E-state index contributed by atoms with van der Waals surface area (Å²) < 4.78 is 13.4. The smallest absolute Gasteiger partial charge is 0.189 e. The maximum atomic E-state index is 13.4. The zero-order valence-corrected chi connectivity index (χ0v) is 6.21. The van der Waals surface area contributed by atoms with E-state index in [1.807, 2.05) is 0 Å². The summed E-state index contributed by atoms with van der Waals surface area (Å²) >= 11 is 0. The SMILES string of the molecule is CN(C)C1(F)[CH]C=CC=C1. The van der Waals surface area contributed by atoms with Crippen molar-refractivity contribution in [1.29, 1.82) is 0 Å². The Bertz CT molecular complexity index is 172. The molecule has 0 spiro atoms. The van der Waals surface area contributed by atoms with E-state index in [0.717, 1.165) is 0 Å². The Labute approximate surface area is 60.8 Å². The first-order chi connectivity index (χ1) is 4.65. The van der Waals surface area contributed by atoms with Crippen LogP contribution in [-0.2, 0) is 0 Å². The number of likely N-dealkylation sites (N-methyl/N-ethyl adjacent to an activating group) is 1. The molecule has 0 bridgehead atoms. The molecule has 0 aliphatic heterocycles. The molecule has 2 heteroatoms. The lowest BCUT2D eigenvalue weighted by atomic mass is 10.1. The topological polar surface area (TPSA) is 3.24 Å². The van der Waals surface area contributed by atoms with E-state index in [1.54, 1.807) is 32.3 Å². The average Bonchev–Trinajstić information content (AvgIpc) is 1.89. The number of nitrogens with zero attached hydrogens (tertiary/aromatic N) is 1. The van der Waals surface area contributed by atoms with E-state index in [-0.39, 0.29) is 0 Å². The monoisotopic (exact) mass is 140 g/mol. The van der Waals surface area contributed by atoms with Crippen molar-refractivity contribution in [1.82, 2.24) is 4.90 Å². The summed E-state index contributed by atoms with van der Waals surface area (Å²) in [6.07, 6.45) is 8.27. The quantitative estimate of drug-likeness (QED) is 0.499. The molecular formula is C8H11FN. The van der Waals surface area contributed by atoms with Crippen LogP contribution in [0.2, 0.25) is 0 Å². The van der Waals surface area contributed by atoms with Crippen molar-refractivity contribution in [3.8, 4) is 0 Å². The molecule has 1 atom stereocenters. The van der Waals surface area contributed by atoms with E-state index in [0.29, 0.717) is 0 Å². The van der Waals surface area contributed by atoms with Gasteiger partial charge in [0, 0.05) is 6.42 Å². The fourth-order valence-electron chi connectivity index (χ4n) is 0.799. The normalized spacial score (nSPS) is 31.6. The second-order valence-corrected chi connectivity index (χ2v) is 2.53. The maximum absolute atomic E-state index is 13.4. The number of hydrogen-bond donors (Lipinski definition) is 0. The van der Waals surface area contributed by atoms with Crippen molar-refractivity contribution >= 4 is 0 Å². The summed E-state index contributed by atoms with van der Waals surface area (Å²) in [5, 5.41) is 0.